The third-order valence-corrected chi connectivity index (χ3v) is 1.99. The summed E-state index contributed by atoms with van der Waals surface area (Å²) >= 11 is 0. The summed E-state index contributed by atoms with van der Waals surface area (Å²) < 4.78 is 4.99. The maximum absolute atomic E-state index is 10.7. The maximum Gasteiger partial charge on any atom is 0.278 e. The first-order valence-electron chi connectivity index (χ1n) is 3.86. The summed E-state index contributed by atoms with van der Waals surface area (Å²) in [5.74, 6) is 0.553. The Morgan fingerprint density at radius 1 is 1.38 bits per heavy atom. The second kappa shape index (κ2) is 3.43. The van der Waals surface area contributed by atoms with Crippen molar-refractivity contribution in [1.82, 2.24) is 0 Å². The highest BCUT2D eigenvalue weighted by molar-refractivity contribution is 5.53. The molecule has 0 atom stereocenters. The molecule has 0 N–H and O–H groups in total. The molecule has 13 heavy (non-hydrogen) atoms. The lowest BCUT2D eigenvalue weighted by atomic mass is 10.1. The van der Waals surface area contributed by atoms with Crippen molar-refractivity contribution < 1.29 is 9.66 Å². The van der Waals surface area contributed by atoms with E-state index in [-0.39, 0.29) is 10.6 Å². The van der Waals surface area contributed by atoms with Gasteiger partial charge >= 0.3 is 0 Å². The fourth-order valence-corrected chi connectivity index (χ4v) is 1.32. The van der Waals surface area contributed by atoms with Crippen molar-refractivity contribution in [1.29, 1.82) is 0 Å². The Bertz CT molecular complexity index is 347. The molecular weight excluding hydrogens is 170 g/mol. The number of benzene rings is 1. The summed E-state index contributed by atoms with van der Waals surface area (Å²) in [5.41, 5.74) is 1.37. The molecule has 0 amide bonds. The minimum atomic E-state index is -0.382. The van der Waals surface area contributed by atoms with E-state index < -0.39 is 0 Å². The van der Waals surface area contributed by atoms with Crippen molar-refractivity contribution in [3.05, 3.63) is 33.4 Å². The molecule has 70 valence electrons. The van der Waals surface area contributed by atoms with E-state index in [0.717, 1.165) is 0 Å². The molecule has 0 radical (unpaired) electrons. The first kappa shape index (κ1) is 9.51. The zero-order valence-corrected chi connectivity index (χ0v) is 7.83. The maximum atomic E-state index is 10.7. The van der Waals surface area contributed by atoms with Gasteiger partial charge in [-0.15, -0.1) is 0 Å². The average Bonchev–Trinajstić information content (AvgIpc) is 2.04. The SMILES string of the molecule is COc1ccc(C)c([N+](=O)[O-])c1C. The van der Waals surface area contributed by atoms with Gasteiger partial charge in [-0.05, 0) is 26.0 Å². The number of nitro benzene ring substituents is 1. The van der Waals surface area contributed by atoms with Gasteiger partial charge in [0.1, 0.15) is 5.75 Å². The van der Waals surface area contributed by atoms with Crippen molar-refractivity contribution >= 4 is 5.69 Å². The van der Waals surface area contributed by atoms with E-state index in [1.54, 1.807) is 26.0 Å². The van der Waals surface area contributed by atoms with E-state index in [1.165, 1.54) is 7.11 Å². The predicted octanol–water partition coefficient (Wildman–Crippen LogP) is 2.22. The number of ether oxygens (including phenoxy) is 1. The predicted molar refractivity (Wildman–Crippen MR) is 49.1 cm³/mol. The highest BCUT2D eigenvalue weighted by atomic mass is 16.6. The number of hydrogen-bond acceptors (Lipinski definition) is 3. The van der Waals surface area contributed by atoms with E-state index >= 15 is 0 Å². The molecule has 1 aromatic rings. The summed E-state index contributed by atoms with van der Waals surface area (Å²) in [6.45, 7) is 3.40. The summed E-state index contributed by atoms with van der Waals surface area (Å²) in [7, 11) is 1.50. The Labute approximate surface area is 76.3 Å². The van der Waals surface area contributed by atoms with Crippen molar-refractivity contribution in [3.63, 3.8) is 0 Å². The fraction of sp³-hybridized carbons (Fsp3) is 0.333. The summed E-state index contributed by atoms with van der Waals surface area (Å²) in [5, 5.41) is 10.7. The van der Waals surface area contributed by atoms with Gasteiger partial charge in [0.15, 0.2) is 0 Å². The lowest BCUT2D eigenvalue weighted by molar-refractivity contribution is -0.386. The Morgan fingerprint density at radius 3 is 2.46 bits per heavy atom. The minimum absolute atomic E-state index is 0.138. The van der Waals surface area contributed by atoms with Gasteiger partial charge in [-0.25, -0.2) is 0 Å². The molecule has 0 saturated carbocycles. The van der Waals surface area contributed by atoms with Crippen LogP contribution in [0.3, 0.4) is 0 Å². The number of hydrogen-bond donors (Lipinski definition) is 0. The molecule has 1 rings (SSSR count). The van der Waals surface area contributed by atoms with Crippen LogP contribution in [0.15, 0.2) is 12.1 Å². The Morgan fingerprint density at radius 2 is 2.00 bits per heavy atom. The fourth-order valence-electron chi connectivity index (χ4n) is 1.32. The van der Waals surface area contributed by atoms with Crippen LogP contribution >= 0.6 is 0 Å². The van der Waals surface area contributed by atoms with Gasteiger partial charge < -0.3 is 4.74 Å². The zero-order valence-electron chi connectivity index (χ0n) is 7.83. The van der Waals surface area contributed by atoms with E-state index in [0.29, 0.717) is 16.9 Å². The van der Waals surface area contributed by atoms with Crippen LogP contribution in [0.25, 0.3) is 0 Å². The first-order chi connectivity index (χ1) is 6.07. The third-order valence-electron chi connectivity index (χ3n) is 1.99. The number of rotatable bonds is 2. The molecule has 0 spiro atoms. The molecule has 0 aliphatic heterocycles. The molecule has 0 heterocycles. The van der Waals surface area contributed by atoms with Crippen molar-refractivity contribution in [3.8, 4) is 5.75 Å². The van der Waals surface area contributed by atoms with Crippen LogP contribution in [0.4, 0.5) is 5.69 Å². The molecule has 4 nitrogen and oxygen atoms in total. The topological polar surface area (TPSA) is 52.4 Å². The van der Waals surface area contributed by atoms with Crippen LogP contribution in [0.2, 0.25) is 0 Å². The van der Waals surface area contributed by atoms with Crippen LogP contribution < -0.4 is 4.74 Å². The minimum Gasteiger partial charge on any atom is -0.496 e. The molecule has 0 unspecified atom stereocenters. The number of nitro groups is 1. The van der Waals surface area contributed by atoms with Gasteiger partial charge in [0.05, 0.1) is 17.6 Å². The Hall–Kier alpha value is -1.58. The van der Waals surface area contributed by atoms with Gasteiger partial charge in [-0.3, -0.25) is 10.1 Å². The second-order valence-corrected chi connectivity index (χ2v) is 2.82. The zero-order chi connectivity index (χ0) is 10.0. The van der Waals surface area contributed by atoms with Gasteiger partial charge in [0.25, 0.3) is 5.69 Å². The van der Waals surface area contributed by atoms with Crippen molar-refractivity contribution in [2.24, 2.45) is 0 Å². The van der Waals surface area contributed by atoms with Crippen molar-refractivity contribution in [2.75, 3.05) is 7.11 Å². The molecule has 0 aromatic heterocycles. The molecule has 0 fully saturated rings. The number of methoxy groups -OCH3 is 1. The van der Waals surface area contributed by atoms with Crippen molar-refractivity contribution in [2.45, 2.75) is 13.8 Å². The van der Waals surface area contributed by atoms with Crippen LogP contribution in [-0.4, -0.2) is 12.0 Å². The lowest BCUT2D eigenvalue weighted by Crippen LogP contribution is -1.97. The molecule has 0 aliphatic rings. The van der Waals surface area contributed by atoms with Crippen LogP contribution in [0, 0.1) is 24.0 Å². The number of aryl methyl sites for hydroxylation is 1. The van der Waals surface area contributed by atoms with Gasteiger partial charge in [0.2, 0.25) is 0 Å². The molecular formula is C9H11NO3. The van der Waals surface area contributed by atoms with E-state index in [1.807, 2.05) is 0 Å². The van der Waals surface area contributed by atoms with Gasteiger partial charge in [-0.2, -0.15) is 0 Å². The molecule has 0 saturated heterocycles. The number of nitrogens with zero attached hydrogens (tertiary/aromatic N) is 1. The van der Waals surface area contributed by atoms with E-state index in [2.05, 4.69) is 0 Å². The smallest absolute Gasteiger partial charge is 0.278 e. The highest BCUT2D eigenvalue weighted by Crippen LogP contribution is 2.30. The molecule has 4 heteroatoms. The normalized spacial score (nSPS) is 9.77. The lowest BCUT2D eigenvalue weighted by Gasteiger charge is -2.06. The molecule has 1 aromatic carbocycles. The third kappa shape index (κ3) is 1.61. The second-order valence-electron chi connectivity index (χ2n) is 2.82. The monoisotopic (exact) mass is 181 g/mol. The average molecular weight is 181 g/mol. The van der Waals surface area contributed by atoms with Crippen LogP contribution in [0.1, 0.15) is 11.1 Å². The molecule has 0 aliphatic carbocycles. The Kier molecular flexibility index (Phi) is 2.51. The standard InChI is InChI=1S/C9H11NO3/c1-6-4-5-8(13-3)7(2)9(6)10(11)12/h4-5H,1-3H3. The van der Waals surface area contributed by atoms with Gasteiger partial charge in [-0.1, -0.05) is 0 Å². The highest BCUT2D eigenvalue weighted by Gasteiger charge is 2.17. The summed E-state index contributed by atoms with van der Waals surface area (Å²) in [6.07, 6.45) is 0. The first-order valence-corrected chi connectivity index (χ1v) is 3.86. The largest absolute Gasteiger partial charge is 0.496 e. The summed E-state index contributed by atoms with van der Waals surface area (Å²) in [6, 6.07) is 3.42. The van der Waals surface area contributed by atoms with Gasteiger partial charge in [0, 0.05) is 5.56 Å². The quantitative estimate of drug-likeness (QED) is 0.519. The molecule has 0 bridgehead atoms. The van der Waals surface area contributed by atoms with Crippen LogP contribution in [-0.2, 0) is 0 Å². The Balaban J connectivity index is 3.38. The van der Waals surface area contributed by atoms with Crippen LogP contribution in [0.5, 0.6) is 5.75 Å². The summed E-state index contributed by atoms with van der Waals surface area (Å²) in [4.78, 5) is 10.3. The van der Waals surface area contributed by atoms with E-state index in [4.69, 9.17) is 4.74 Å². The van der Waals surface area contributed by atoms with E-state index in [9.17, 15) is 10.1 Å².